The topological polar surface area (TPSA) is 0 Å². The maximum Gasteiger partial charge on any atom is 0.173 e. The zero-order valence-electron chi connectivity index (χ0n) is 9.01. The molecule has 17 heavy (non-hydrogen) atoms. The molecule has 0 fully saturated rings. The molecule has 0 amide bonds. The fraction of sp³-hybridized carbons (Fsp3) is 0.0769. The van der Waals surface area contributed by atoms with E-state index in [0.717, 1.165) is 17.8 Å². The van der Waals surface area contributed by atoms with E-state index in [1.165, 1.54) is 0 Å². The Kier molecular flexibility index (Phi) is 3.43. The summed E-state index contributed by atoms with van der Waals surface area (Å²) in [6.45, 7) is 0. The highest BCUT2D eigenvalue weighted by Gasteiger charge is 2.19. The smallest absolute Gasteiger partial charge is 0.173 e. The van der Waals surface area contributed by atoms with Crippen molar-refractivity contribution in [2.24, 2.45) is 0 Å². The molecular weight excluding hydrogens is 245 g/mol. The van der Waals surface area contributed by atoms with E-state index < -0.39 is 17.5 Å². The lowest BCUT2D eigenvalue weighted by atomic mass is 10.0. The zero-order valence-corrected chi connectivity index (χ0v) is 9.82. The van der Waals surface area contributed by atoms with Gasteiger partial charge in [-0.15, -0.1) is 11.8 Å². The highest BCUT2D eigenvalue weighted by molar-refractivity contribution is 7.98. The lowest BCUT2D eigenvalue weighted by Gasteiger charge is -2.08. The van der Waals surface area contributed by atoms with Gasteiger partial charge in [-0.05, 0) is 17.9 Å². The average molecular weight is 254 g/mol. The van der Waals surface area contributed by atoms with Gasteiger partial charge in [-0.1, -0.05) is 30.3 Å². The van der Waals surface area contributed by atoms with Gasteiger partial charge < -0.3 is 0 Å². The molecule has 0 saturated carbocycles. The van der Waals surface area contributed by atoms with Crippen LogP contribution in [0.15, 0.2) is 41.3 Å². The number of thioether (sulfide) groups is 1. The SMILES string of the molecule is CSc1cc(F)c(-c2ccccc2)c(F)c1F. The molecule has 0 bridgehead atoms. The van der Waals surface area contributed by atoms with Gasteiger partial charge in [0.05, 0.1) is 5.56 Å². The minimum Gasteiger partial charge on any atom is -0.206 e. The maximum atomic E-state index is 13.8. The standard InChI is InChI=1S/C13H9F3S/c1-17-10-7-9(14)11(13(16)12(10)15)8-5-3-2-4-6-8/h2-7H,1H3. The molecule has 0 unspecified atom stereocenters. The van der Waals surface area contributed by atoms with Gasteiger partial charge in [0, 0.05) is 4.90 Å². The highest BCUT2D eigenvalue weighted by Crippen LogP contribution is 2.32. The summed E-state index contributed by atoms with van der Waals surface area (Å²) in [5, 5.41) is 0. The van der Waals surface area contributed by atoms with Crippen molar-refractivity contribution in [1.82, 2.24) is 0 Å². The maximum absolute atomic E-state index is 13.8. The van der Waals surface area contributed by atoms with E-state index in [9.17, 15) is 13.2 Å². The largest absolute Gasteiger partial charge is 0.206 e. The molecule has 0 radical (unpaired) electrons. The monoisotopic (exact) mass is 254 g/mol. The van der Waals surface area contributed by atoms with Crippen LogP contribution in [-0.2, 0) is 0 Å². The first-order chi connectivity index (χ1) is 8.15. The lowest BCUT2D eigenvalue weighted by Crippen LogP contribution is -1.96. The third-order valence-electron chi connectivity index (χ3n) is 2.41. The van der Waals surface area contributed by atoms with E-state index in [1.54, 1.807) is 36.6 Å². The molecule has 0 saturated heterocycles. The van der Waals surface area contributed by atoms with Crippen molar-refractivity contribution in [2.75, 3.05) is 6.26 Å². The van der Waals surface area contributed by atoms with Gasteiger partial charge in [0.1, 0.15) is 5.82 Å². The summed E-state index contributed by atoms with van der Waals surface area (Å²) >= 11 is 0.973. The minimum atomic E-state index is -1.14. The van der Waals surface area contributed by atoms with Crippen LogP contribution in [0.5, 0.6) is 0 Å². The van der Waals surface area contributed by atoms with Crippen LogP contribution in [-0.4, -0.2) is 6.26 Å². The molecule has 2 rings (SSSR count). The summed E-state index contributed by atoms with van der Waals surface area (Å²) in [5.41, 5.74) is 0.00922. The first kappa shape index (κ1) is 12.0. The van der Waals surface area contributed by atoms with Gasteiger partial charge in [0.2, 0.25) is 0 Å². The van der Waals surface area contributed by atoms with Crippen molar-refractivity contribution in [3.8, 4) is 11.1 Å². The van der Waals surface area contributed by atoms with Gasteiger partial charge in [-0.3, -0.25) is 0 Å². The lowest BCUT2D eigenvalue weighted by molar-refractivity contribution is 0.481. The van der Waals surface area contributed by atoms with Crippen molar-refractivity contribution in [1.29, 1.82) is 0 Å². The van der Waals surface area contributed by atoms with Crippen molar-refractivity contribution in [2.45, 2.75) is 4.90 Å². The van der Waals surface area contributed by atoms with E-state index in [0.29, 0.717) is 5.56 Å². The predicted molar refractivity (Wildman–Crippen MR) is 63.5 cm³/mol. The van der Waals surface area contributed by atoms with Crippen LogP contribution in [0.4, 0.5) is 13.2 Å². The van der Waals surface area contributed by atoms with E-state index in [4.69, 9.17) is 0 Å². The Morgan fingerprint density at radius 2 is 1.59 bits per heavy atom. The summed E-state index contributed by atoms with van der Waals surface area (Å²) in [7, 11) is 0. The molecule has 0 atom stereocenters. The Morgan fingerprint density at radius 1 is 0.941 bits per heavy atom. The van der Waals surface area contributed by atoms with E-state index in [-0.39, 0.29) is 10.5 Å². The second-order valence-electron chi connectivity index (χ2n) is 3.43. The quantitative estimate of drug-likeness (QED) is 0.562. The van der Waals surface area contributed by atoms with Gasteiger partial charge in [0.25, 0.3) is 0 Å². The number of hydrogen-bond donors (Lipinski definition) is 0. The van der Waals surface area contributed by atoms with Crippen molar-refractivity contribution in [3.63, 3.8) is 0 Å². The van der Waals surface area contributed by atoms with Crippen molar-refractivity contribution >= 4 is 11.8 Å². The van der Waals surface area contributed by atoms with E-state index in [2.05, 4.69) is 0 Å². The third kappa shape index (κ3) is 2.17. The Labute approximate surface area is 101 Å². The van der Waals surface area contributed by atoms with Crippen LogP contribution in [0.1, 0.15) is 0 Å². The van der Waals surface area contributed by atoms with Crippen molar-refractivity contribution in [3.05, 3.63) is 53.8 Å². The normalized spacial score (nSPS) is 10.6. The minimum absolute atomic E-state index is 0.0281. The van der Waals surface area contributed by atoms with Gasteiger partial charge in [0.15, 0.2) is 11.6 Å². The zero-order chi connectivity index (χ0) is 12.4. The Hall–Kier alpha value is -1.42. The predicted octanol–water partition coefficient (Wildman–Crippen LogP) is 4.49. The summed E-state index contributed by atoms with van der Waals surface area (Å²) in [5.74, 6) is -2.89. The molecule has 0 nitrogen and oxygen atoms in total. The molecule has 0 spiro atoms. The summed E-state index contributed by atoms with van der Waals surface area (Å²) in [6.07, 6.45) is 1.57. The van der Waals surface area contributed by atoms with Crippen LogP contribution in [0.2, 0.25) is 0 Å². The number of rotatable bonds is 2. The first-order valence-electron chi connectivity index (χ1n) is 4.92. The highest BCUT2D eigenvalue weighted by atomic mass is 32.2. The molecule has 0 aliphatic heterocycles. The average Bonchev–Trinajstić information content (AvgIpc) is 2.35. The number of benzene rings is 2. The molecule has 0 aliphatic rings. The summed E-state index contributed by atoms with van der Waals surface area (Å²) < 4.78 is 41.1. The Morgan fingerprint density at radius 3 is 2.18 bits per heavy atom. The molecule has 0 aliphatic carbocycles. The molecule has 0 N–H and O–H groups in total. The Balaban J connectivity index is 2.68. The third-order valence-corrected chi connectivity index (χ3v) is 3.14. The van der Waals surface area contributed by atoms with Crippen LogP contribution in [0.3, 0.4) is 0 Å². The second-order valence-corrected chi connectivity index (χ2v) is 4.28. The van der Waals surface area contributed by atoms with Gasteiger partial charge in [-0.25, -0.2) is 13.2 Å². The van der Waals surface area contributed by atoms with Gasteiger partial charge >= 0.3 is 0 Å². The molecule has 2 aromatic carbocycles. The fourth-order valence-electron chi connectivity index (χ4n) is 1.59. The summed E-state index contributed by atoms with van der Waals surface area (Å²) in [4.78, 5) is -0.0281. The van der Waals surface area contributed by atoms with E-state index >= 15 is 0 Å². The Bertz CT molecular complexity index is 538. The van der Waals surface area contributed by atoms with Crippen LogP contribution in [0, 0.1) is 17.5 Å². The first-order valence-corrected chi connectivity index (χ1v) is 6.14. The van der Waals surface area contributed by atoms with Gasteiger partial charge in [-0.2, -0.15) is 0 Å². The van der Waals surface area contributed by atoms with Crippen LogP contribution < -0.4 is 0 Å². The summed E-state index contributed by atoms with van der Waals surface area (Å²) in [6, 6.07) is 9.12. The number of halogens is 3. The molecule has 4 heteroatoms. The molecule has 2 aromatic rings. The second kappa shape index (κ2) is 4.84. The molecular formula is C13H9F3S. The van der Waals surface area contributed by atoms with Crippen LogP contribution >= 0.6 is 11.8 Å². The van der Waals surface area contributed by atoms with Crippen molar-refractivity contribution < 1.29 is 13.2 Å². The number of hydrogen-bond acceptors (Lipinski definition) is 1. The fourth-order valence-corrected chi connectivity index (χ4v) is 2.08. The molecule has 0 aromatic heterocycles. The molecule has 0 heterocycles. The van der Waals surface area contributed by atoms with E-state index in [1.807, 2.05) is 0 Å². The van der Waals surface area contributed by atoms with Crippen LogP contribution in [0.25, 0.3) is 11.1 Å². The molecule has 88 valence electrons.